The summed E-state index contributed by atoms with van der Waals surface area (Å²) in [6.07, 6.45) is 2.87. The van der Waals surface area contributed by atoms with Crippen LogP contribution in [-0.4, -0.2) is 37.2 Å². The van der Waals surface area contributed by atoms with Gasteiger partial charge in [-0.3, -0.25) is 4.79 Å². The summed E-state index contributed by atoms with van der Waals surface area (Å²) >= 11 is 1.65. The molecule has 2 heterocycles. The number of carbonyl (C=O) groups excluding carboxylic acids is 1. The Kier molecular flexibility index (Phi) is 4.68. The number of rotatable bonds is 5. The lowest BCUT2D eigenvalue weighted by Gasteiger charge is -2.15. The minimum Gasteiger partial charge on any atom is -0.379 e. The number of amides is 1. The molecule has 1 aromatic rings. The second-order valence-electron chi connectivity index (χ2n) is 4.33. The van der Waals surface area contributed by atoms with Crippen LogP contribution in [0.15, 0.2) is 6.20 Å². The van der Waals surface area contributed by atoms with E-state index in [0.29, 0.717) is 19.8 Å². The van der Waals surface area contributed by atoms with Gasteiger partial charge >= 0.3 is 0 Å². The third-order valence-electron chi connectivity index (χ3n) is 3.15. The molecule has 2 rings (SSSR count). The van der Waals surface area contributed by atoms with Crippen LogP contribution < -0.4 is 10.6 Å². The molecular weight excluding hydrogens is 250 g/mol. The fourth-order valence-electron chi connectivity index (χ4n) is 1.98. The van der Waals surface area contributed by atoms with Gasteiger partial charge in [0.25, 0.3) is 0 Å². The molecule has 0 aliphatic carbocycles. The average Bonchev–Trinajstić information content (AvgIpc) is 3.04. The number of likely N-dealkylation sites (N-methyl/N-ethyl adjacent to an activating group) is 1. The van der Waals surface area contributed by atoms with E-state index >= 15 is 0 Å². The first-order valence-corrected chi connectivity index (χ1v) is 7.02. The van der Waals surface area contributed by atoms with Crippen LogP contribution in [0.2, 0.25) is 0 Å². The first-order chi connectivity index (χ1) is 8.74. The summed E-state index contributed by atoms with van der Waals surface area (Å²) < 4.78 is 5.32. The number of carbonyl (C=O) groups is 1. The van der Waals surface area contributed by atoms with Crippen LogP contribution in [0, 0.1) is 5.92 Å². The van der Waals surface area contributed by atoms with Crippen molar-refractivity contribution in [2.45, 2.75) is 25.9 Å². The maximum atomic E-state index is 12.0. The highest BCUT2D eigenvalue weighted by Gasteiger charge is 2.32. The van der Waals surface area contributed by atoms with E-state index < -0.39 is 0 Å². The Balaban J connectivity index is 1.84. The van der Waals surface area contributed by atoms with Crippen molar-refractivity contribution in [3.05, 3.63) is 16.1 Å². The molecule has 1 aromatic heterocycles. The molecule has 1 amide bonds. The molecule has 18 heavy (non-hydrogen) atoms. The summed E-state index contributed by atoms with van der Waals surface area (Å²) in [5.74, 6) is -0.0549. The number of hydrogen-bond acceptors (Lipinski definition) is 5. The van der Waals surface area contributed by atoms with Crippen molar-refractivity contribution in [1.29, 1.82) is 0 Å². The molecule has 2 N–H and O–H groups in total. The molecule has 0 spiro atoms. The maximum absolute atomic E-state index is 12.0. The second kappa shape index (κ2) is 6.26. The molecule has 0 bridgehead atoms. The molecule has 2 atom stereocenters. The standard InChI is InChI=1S/C12H19N3O2S/c1-3-8-4-14-11(18-8)5-15-12(16)9-6-17-7-10(9)13-2/h4,9-10,13H,3,5-7H2,1-2H3,(H,15,16). The van der Waals surface area contributed by atoms with Crippen LogP contribution in [0.25, 0.3) is 0 Å². The zero-order chi connectivity index (χ0) is 13.0. The van der Waals surface area contributed by atoms with Gasteiger partial charge in [-0.05, 0) is 13.5 Å². The van der Waals surface area contributed by atoms with E-state index in [4.69, 9.17) is 4.74 Å². The molecule has 1 aliphatic heterocycles. The van der Waals surface area contributed by atoms with Gasteiger partial charge in [-0.1, -0.05) is 6.92 Å². The van der Waals surface area contributed by atoms with Crippen molar-refractivity contribution in [3.63, 3.8) is 0 Å². The molecule has 1 aliphatic rings. The zero-order valence-corrected chi connectivity index (χ0v) is 11.5. The Morgan fingerprint density at radius 1 is 1.61 bits per heavy atom. The molecule has 2 unspecified atom stereocenters. The fraction of sp³-hybridized carbons (Fsp3) is 0.667. The number of nitrogens with zero attached hydrogens (tertiary/aromatic N) is 1. The van der Waals surface area contributed by atoms with Crippen molar-refractivity contribution in [2.75, 3.05) is 20.3 Å². The van der Waals surface area contributed by atoms with E-state index in [2.05, 4.69) is 22.5 Å². The van der Waals surface area contributed by atoms with E-state index in [0.717, 1.165) is 11.4 Å². The lowest BCUT2D eigenvalue weighted by molar-refractivity contribution is -0.125. The van der Waals surface area contributed by atoms with Crippen molar-refractivity contribution in [3.8, 4) is 0 Å². The lowest BCUT2D eigenvalue weighted by Crippen LogP contribution is -2.42. The van der Waals surface area contributed by atoms with E-state index in [1.165, 1.54) is 4.88 Å². The summed E-state index contributed by atoms with van der Waals surface area (Å²) in [7, 11) is 1.86. The molecule has 0 saturated carbocycles. The summed E-state index contributed by atoms with van der Waals surface area (Å²) in [6.45, 7) is 3.71. The van der Waals surface area contributed by atoms with Gasteiger partial charge in [0.15, 0.2) is 0 Å². The Bertz CT molecular complexity index is 408. The van der Waals surface area contributed by atoms with Crippen molar-refractivity contribution >= 4 is 17.2 Å². The van der Waals surface area contributed by atoms with E-state index in [1.807, 2.05) is 13.2 Å². The first kappa shape index (κ1) is 13.5. The lowest BCUT2D eigenvalue weighted by atomic mass is 10.0. The van der Waals surface area contributed by atoms with Crippen LogP contribution >= 0.6 is 11.3 Å². The molecule has 1 fully saturated rings. The molecule has 6 heteroatoms. The predicted molar refractivity (Wildman–Crippen MR) is 70.5 cm³/mol. The van der Waals surface area contributed by atoms with E-state index in [1.54, 1.807) is 11.3 Å². The van der Waals surface area contributed by atoms with Crippen LogP contribution in [0.1, 0.15) is 16.8 Å². The number of thiazole rings is 1. The molecule has 100 valence electrons. The summed E-state index contributed by atoms with van der Waals surface area (Å²) in [6, 6.07) is 0.118. The van der Waals surface area contributed by atoms with Gasteiger partial charge < -0.3 is 15.4 Å². The molecule has 1 saturated heterocycles. The third kappa shape index (κ3) is 3.07. The summed E-state index contributed by atoms with van der Waals surface area (Å²) in [5.41, 5.74) is 0. The average molecular weight is 269 g/mol. The minimum atomic E-state index is -0.0967. The number of ether oxygens (including phenoxy) is 1. The van der Waals surface area contributed by atoms with Gasteiger partial charge in [0.05, 0.1) is 25.7 Å². The highest BCUT2D eigenvalue weighted by atomic mass is 32.1. The highest BCUT2D eigenvalue weighted by molar-refractivity contribution is 7.11. The van der Waals surface area contributed by atoms with Crippen LogP contribution in [0.3, 0.4) is 0 Å². The SMILES string of the molecule is CCc1cnc(CNC(=O)C2COCC2NC)s1. The monoisotopic (exact) mass is 269 g/mol. The van der Waals surface area contributed by atoms with Crippen LogP contribution in [0.5, 0.6) is 0 Å². The summed E-state index contributed by atoms with van der Waals surface area (Å²) in [5, 5.41) is 7.00. The van der Waals surface area contributed by atoms with Gasteiger partial charge in [0.2, 0.25) is 5.91 Å². The Labute approximate surface area is 111 Å². The predicted octanol–water partition coefficient (Wildman–Crippen LogP) is 0.556. The largest absolute Gasteiger partial charge is 0.379 e. The molecule has 0 radical (unpaired) electrons. The smallest absolute Gasteiger partial charge is 0.227 e. The van der Waals surface area contributed by atoms with E-state index in [9.17, 15) is 4.79 Å². The van der Waals surface area contributed by atoms with Crippen molar-refractivity contribution in [2.24, 2.45) is 5.92 Å². The fourth-order valence-corrected chi connectivity index (χ4v) is 2.79. The van der Waals surface area contributed by atoms with Crippen LogP contribution in [-0.2, 0) is 22.5 Å². The van der Waals surface area contributed by atoms with E-state index in [-0.39, 0.29) is 17.9 Å². The van der Waals surface area contributed by atoms with Crippen molar-refractivity contribution < 1.29 is 9.53 Å². The molecule has 0 aromatic carbocycles. The third-order valence-corrected chi connectivity index (χ3v) is 4.29. The normalized spacial score (nSPS) is 23.2. The Morgan fingerprint density at radius 3 is 3.11 bits per heavy atom. The zero-order valence-electron chi connectivity index (χ0n) is 10.7. The number of hydrogen-bond donors (Lipinski definition) is 2. The number of aromatic nitrogens is 1. The first-order valence-electron chi connectivity index (χ1n) is 6.21. The molecule has 5 nitrogen and oxygen atoms in total. The van der Waals surface area contributed by atoms with Crippen molar-refractivity contribution in [1.82, 2.24) is 15.6 Å². The highest BCUT2D eigenvalue weighted by Crippen LogP contribution is 2.15. The Morgan fingerprint density at radius 2 is 2.44 bits per heavy atom. The molecular formula is C12H19N3O2S. The van der Waals surface area contributed by atoms with Gasteiger partial charge in [0, 0.05) is 17.1 Å². The minimum absolute atomic E-state index is 0.0418. The second-order valence-corrected chi connectivity index (χ2v) is 5.53. The summed E-state index contributed by atoms with van der Waals surface area (Å²) in [4.78, 5) is 17.5. The number of aryl methyl sites for hydroxylation is 1. The van der Waals surface area contributed by atoms with Crippen LogP contribution in [0.4, 0.5) is 0 Å². The Hall–Kier alpha value is -0.980. The van der Waals surface area contributed by atoms with Gasteiger partial charge in [-0.15, -0.1) is 11.3 Å². The van der Waals surface area contributed by atoms with Gasteiger partial charge in [-0.25, -0.2) is 4.98 Å². The maximum Gasteiger partial charge on any atom is 0.227 e. The topological polar surface area (TPSA) is 63.2 Å². The van der Waals surface area contributed by atoms with Gasteiger partial charge in [0.1, 0.15) is 5.01 Å². The van der Waals surface area contributed by atoms with Gasteiger partial charge in [-0.2, -0.15) is 0 Å². The number of nitrogens with one attached hydrogen (secondary N) is 2. The quantitative estimate of drug-likeness (QED) is 0.820.